The first-order chi connectivity index (χ1) is 8.20. The monoisotopic (exact) mass is 294 g/mol. The molecule has 3 heteroatoms. The smallest absolute Gasteiger partial charge is 0.131 e. The molecular weight excluding hydrogens is 283 g/mol. The molecule has 0 saturated heterocycles. The Morgan fingerprint density at radius 1 is 1.18 bits per heavy atom. The maximum atomic E-state index is 13.4. The van der Waals surface area contributed by atoms with Crippen LogP contribution in [0.15, 0.2) is 42.5 Å². The first-order valence-corrected chi connectivity index (χ1v) is 6.40. The zero-order valence-electron chi connectivity index (χ0n) is 9.41. The molecule has 0 aliphatic heterocycles. The highest BCUT2D eigenvalue weighted by atomic mass is 79.9. The first-order valence-electron chi connectivity index (χ1n) is 5.28. The molecule has 0 unspecified atom stereocenters. The Balaban J connectivity index is 2.28. The summed E-state index contributed by atoms with van der Waals surface area (Å²) in [6.45, 7) is 1.73. The van der Waals surface area contributed by atoms with Crippen LogP contribution in [0.2, 0.25) is 0 Å². The fourth-order valence-electron chi connectivity index (χ4n) is 1.48. The minimum atomic E-state index is -0.251. The van der Waals surface area contributed by atoms with Gasteiger partial charge in [-0.3, -0.25) is 0 Å². The quantitative estimate of drug-likeness (QED) is 0.737. The Labute approximate surface area is 108 Å². The van der Waals surface area contributed by atoms with Crippen molar-refractivity contribution in [1.29, 1.82) is 0 Å². The van der Waals surface area contributed by atoms with Crippen molar-refractivity contribution in [2.75, 3.05) is 0 Å². The maximum Gasteiger partial charge on any atom is 0.131 e. The van der Waals surface area contributed by atoms with E-state index in [1.54, 1.807) is 19.1 Å². The Morgan fingerprint density at radius 3 is 2.65 bits per heavy atom. The van der Waals surface area contributed by atoms with Crippen LogP contribution in [0.1, 0.15) is 11.1 Å². The third-order valence-electron chi connectivity index (χ3n) is 2.49. The number of hydrogen-bond donors (Lipinski definition) is 0. The van der Waals surface area contributed by atoms with Gasteiger partial charge in [-0.15, -0.1) is 0 Å². The maximum absolute atomic E-state index is 13.4. The van der Waals surface area contributed by atoms with Crippen LogP contribution in [0.3, 0.4) is 0 Å². The standard InChI is InChI=1S/C14H12BrFO/c1-10-6-7-12(8-13(10)16)17-14-5-3-2-4-11(14)9-15/h2-8H,9H2,1H3. The molecule has 1 nitrogen and oxygen atoms in total. The largest absolute Gasteiger partial charge is 0.457 e. The van der Waals surface area contributed by atoms with E-state index in [1.807, 2.05) is 24.3 Å². The van der Waals surface area contributed by atoms with E-state index in [-0.39, 0.29) is 5.82 Å². The van der Waals surface area contributed by atoms with Gasteiger partial charge < -0.3 is 4.74 Å². The number of aryl methyl sites for hydroxylation is 1. The molecule has 0 spiro atoms. The highest BCUT2D eigenvalue weighted by Gasteiger charge is 2.05. The molecule has 2 rings (SSSR count). The summed E-state index contributed by atoms with van der Waals surface area (Å²) in [5.74, 6) is 1.01. The van der Waals surface area contributed by atoms with Gasteiger partial charge >= 0.3 is 0 Å². The summed E-state index contributed by atoms with van der Waals surface area (Å²) in [6, 6.07) is 12.6. The van der Waals surface area contributed by atoms with Crippen LogP contribution in [-0.4, -0.2) is 0 Å². The van der Waals surface area contributed by atoms with Gasteiger partial charge in [0.2, 0.25) is 0 Å². The van der Waals surface area contributed by atoms with Gasteiger partial charge in [-0.05, 0) is 24.6 Å². The minimum absolute atomic E-state index is 0.251. The molecule has 0 amide bonds. The third-order valence-corrected chi connectivity index (χ3v) is 3.09. The van der Waals surface area contributed by atoms with Crippen LogP contribution in [0, 0.1) is 12.7 Å². The topological polar surface area (TPSA) is 9.23 Å². The van der Waals surface area contributed by atoms with E-state index in [1.165, 1.54) is 6.07 Å². The third kappa shape index (κ3) is 2.86. The highest BCUT2D eigenvalue weighted by Crippen LogP contribution is 2.27. The van der Waals surface area contributed by atoms with Gasteiger partial charge in [0.05, 0.1) is 0 Å². The Morgan fingerprint density at radius 2 is 1.94 bits per heavy atom. The molecule has 17 heavy (non-hydrogen) atoms. The molecule has 0 aliphatic rings. The molecule has 0 bridgehead atoms. The summed E-state index contributed by atoms with van der Waals surface area (Å²) in [5.41, 5.74) is 1.65. The van der Waals surface area contributed by atoms with Crippen LogP contribution in [0.25, 0.3) is 0 Å². The van der Waals surface area contributed by atoms with Crippen molar-refractivity contribution >= 4 is 15.9 Å². The molecule has 0 aliphatic carbocycles. The molecule has 0 fully saturated rings. The molecule has 88 valence electrons. The molecular formula is C14H12BrFO. The van der Waals surface area contributed by atoms with Crippen LogP contribution in [0.5, 0.6) is 11.5 Å². The number of halogens is 2. The predicted octanol–water partition coefficient (Wildman–Crippen LogP) is 4.82. The molecule has 0 aromatic heterocycles. The van der Waals surface area contributed by atoms with E-state index in [9.17, 15) is 4.39 Å². The van der Waals surface area contributed by atoms with Crippen LogP contribution < -0.4 is 4.74 Å². The Kier molecular flexibility index (Phi) is 3.79. The van der Waals surface area contributed by atoms with Crippen molar-refractivity contribution in [3.8, 4) is 11.5 Å². The van der Waals surface area contributed by atoms with E-state index >= 15 is 0 Å². The number of rotatable bonds is 3. The van der Waals surface area contributed by atoms with Gasteiger partial charge in [0.25, 0.3) is 0 Å². The normalized spacial score (nSPS) is 10.3. The number of alkyl halides is 1. The summed E-state index contributed by atoms with van der Waals surface area (Å²) >= 11 is 3.39. The van der Waals surface area contributed by atoms with Gasteiger partial charge in [0.15, 0.2) is 0 Å². The summed E-state index contributed by atoms with van der Waals surface area (Å²) in [6.07, 6.45) is 0. The van der Waals surface area contributed by atoms with Gasteiger partial charge in [-0.2, -0.15) is 0 Å². The fraction of sp³-hybridized carbons (Fsp3) is 0.143. The van der Waals surface area contributed by atoms with Gasteiger partial charge in [0, 0.05) is 17.0 Å². The molecule has 0 radical (unpaired) electrons. The summed E-state index contributed by atoms with van der Waals surface area (Å²) in [5, 5.41) is 0.706. The van der Waals surface area contributed by atoms with E-state index in [0.717, 1.165) is 11.3 Å². The van der Waals surface area contributed by atoms with Gasteiger partial charge in [0.1, 0.15) is 17.3 Å². The van der Waals surface area contributed by atoms with Crippen molar-refractivity contribution in [2.45, 2.75) is 12.3 Å². The summed E-state index contributed by atoms with van der Waals surface area (Å²) < 4.78 is 19.0. The predicted molar refractivity (Wildman–Crippen MR) is 70.3 cm³/mol. The molecule has 2 aromatic rings. The zero-order chi connectivity index (χ0) is 12.3. The summed E-state index contributed by atoms with van der Waals surface area (Å²) in [4.78, 5) is 0. The van der Waals surface area contributed by atoms with Crippen molar-refractivity contribution in [3.63, 3.8) is 0 Å². The van der Waals surface area contributed by atoms with E-state index in [0.29, 0.717) is 16.6 Å². The first kappa shape index (κ1) is 12.1. The minimum Gasteiger partial charge on any atom is -0.457 e. The lowest BCUT2D eigenvalue weighted by Crippen LogP contribution is -1.90. The fourth-order valence-corrected chi connectivity index (χ4v) is 1.94. The van der Waals surface area contributed by atoms with E-state index < -0.39 is 0 Å². The summed E-state index contributed by atoms with van der Waals surface area (Å²) in [7, 11) is 0. The molecule has 0 saturated carbocycles. The number of para-hydroxylation sites is 1. The van der Waals surface area contributed by atoms with Crippen molar-refractivity contribution < 1.29 is 9.13 Å². The SMILES string of the molecule is Cc1ccc(Oc2ccccc2CBr)cc1F. The van der Waals surface area contributed by atoms with Crippen molar-refractivity contribution in [3.05, 3.63) is 59.4 Å². The lowest BCUT2D eigenvalue weighted by Gasteiger charge is -2.09. The number of ether oxygens (including phenoxy) is 1. The second-order valence-corrected chi connectivity index (χ2v) is 4.32. The zero-order valence-corrected chi connectivity index (χ0v) is 11.0. The van der Waals surface area contributed by atoms with Crippen LogP contribution in [0.4, 0.5) is 4.39 Å². The number of benzene rings is 2. The average molecular weight is 295 g/mol. The van der Waals surface area contributed by atoms with E-state index in [2.05, 4.69) is 15.9 Å². The van der Waals surface area contributed by atoms with E-state index in [4.69, 9.17) is 4.74 Å². The lowest BCUT2D eigenvalue weighted by molar-refractivity contribution is 0.472. The second kappa shape index (κ2) is 5.32. The Hall–Kier alpha value is -1.35. The molecule has 0 heterocycles. The van der Waals surface area contributed by atoms with Crippen molar-refractivity contribution in [2.24, 2.45) is 0 Å². The van der Waals surface area contributed by atoms with Crippen LogP contribution in [-0.2, 0) is 5.33 Å². The number of hydrogen-bond acceptors (Lipinski definition) is 1. The molecule has 0 N–H and O–H groups in total. The van der Waals surface area contributed by atoms with Gasteiger partial charge in [-0.25, -0.2) is 4.39 Å². The Bertz CT molecular complexity index is 525. The second-order valence-electron chi connectivity index (χ2n) is 3.75. The average Bonchev–Trinajstić information content (AvgIpc) is 2.34. The highest BCUT2D eigenvalue weighted by molar-refractivity contribution is 9.08. The van der Waals surface area contributed by atoms with Gasteiger partial charge in [-0.1, -0.05) is 40.2 Å². The lowest BCUT2D eigenvalue weighted by atomic mass is 10.2. The van der Waals surface area contributed by atoms with Crippen LogP contribution >= 0.6 is 15.9 Å². The molecule has 0 atom stereocenters. The van der Waals surface area contributed by atoms with Crippen molar-refractivity contribution in [1.82, 2.24) is 0 Å². The molecule has 2 aromatic carbocycles.